The van der Waals surface area contributed by atoms with Crippen LogP contribution in [0, 0.1) is 11.8 Å². The maximum Gasteiger partial charge on any atom is 0.248 e. The van der Waals surface area contributed by atoms with Gasteiger partial charge < -0.3 is 10.0 Å². The number of aliphatic hydroxyl groups excluding tert-OH is 1. The van der Waals surface area contributed by atoms with Gasteiger partial charge in [0.15, 0.2) is 0 Å². The first-order valence-electron chi connectivity index (χ1n) is 8.86. The van der Waals surface area contributed by atoms with Gasteiger partial charge in [-0.2, -0.15) is 0 Å². The molecule has 1 unspecified atom stereocenters. The van der Waals surface area contributed by atoms with Crippen molar-refractivity contribution in [3.63, 3.8) is 0 Å². The molecule has 1 atom stereocenters. The monoisotopic (exact) mass is 337 g/mol. The molecule has 5 heteroatoms. The highest BCUT2D eigenvalue weighted by atomic mass is 19.3. The normalized spacial score (nSPS) is 23.9. The molecule has 1 aliphatic carbocycles. The Labute approximate surface area is 141 Å². The molecule has 1 saturated heterocycles. The number of benzene rings is 1. The smallest absolute Gasteiger partial charge is 0.248 e. The summed E-state index contributed by atoms with van der Waals surface area (Å²) < 4.78 is 26.5. The number of rotatable bonds is 3. The van der Waals surface area contributed by atoms with Gasteiger partial charge in [-0.3, -0.25) is 4.79 Å². The molecule has 1 amide bonds. The molecular formula is C19H25F2NO2. The van der Waals surface area contributed by atoms with Crippen LogP contribution in [0.25, 0.3) is 0 Å². The molecule has 0 bridgehead atoms. The zero-order chi connectivity index (χ0) is 17.2. The number of carbonyl (C=O) groups is 1. The van der Waals surface area contributed by atoms with Gasteiger partial charge in [-0.15, -0.1) is 0 Å². The van der Waals surface area contributed by atoms with Gasteiger partial charge in [0, 0.05) is 31.8 Å². The summed E-state index contributed by atoms with van der Waals surface area (Å²) in [7, 11) is 0. The molecule has 1 aromatic rings. The number of carbonyl (C=O) groups excluding carboxylic acids is 1. The second kappa shape index (κ2) is 7.18. The fourth-order valence-corrected chi connectivity index (χ4v) is 3.90. The van der Waals surface area contributed by atoms with E-state index in [0.717, 1.165) is 18.4 Å². The van der Waals surface area contributed by atoms with Crippen LogP contribution in [0.1, 0.15) is 50.2 Å². The van der Waals surface area contributed by atoms with E-state index >= 15 is 0 Å². The van der Waals surface area contributed by atoms with E-state index in [9.17, 15) is 18.7 Å². The van der Waals surface area contributed by atoms with E-state index in [-0.39, 0.29) is 30.6 Å². The molecule has 132 valence electrons. The Morgan fingerprint density at radius 3 is 2.25 bits per heavy atom. The largest absolute Gasteiger partial charge is 0.388 e. The van der Waals surface area contributed by atoms with Gasteiger partial charge in [0.25, 0.3) is 0 Å². The van der Waals surface area contributed by atoms with Crippen molar-refractivity contribution in [3.05, 3.63) is 35.9 Å². The first kappa shape index (κ1) is 17.3. The van der Waals surface area contributed by atoms with E-state index in [0.29, 0.717) is 25.9 Å². The molecule has 2 fully saturated rings. The Balaban J connectivity index is 1.51. The van der Waals surface area contributed by atoms with Gasteiger partial charge in [-0.25, -0.2) is 8.78 Å². The molecular weight excluding hydrogens is 312 g/mol. The number of hydrogen-bond acceptors (Lipinski definition) is 2. The Kier molecular flexibility index (Phi) is 5.18. The van der Waals surface area contributed by atoms with Gasteiger partial charge in [0.05, 0.1) is 6.10 Å². The molecule has 0 aromatic heterocycles. The minimum Gasteiger partial charge on any atom is -0.388 e. The van der Waals surface area contributed by atoms with Crippen molar-refractivity contribution >= 4 is 5.91 Å². The number of hydrogen-bond donors (Lipinski definition) is 1. The standard InChI is InChI=1S/C19H25F2NO2/c20-19(21)10-6-16(7-11-19)18(24)22-12-8-15(9-13-22)17(23)14-4-2-1-3-5-14/h1-5,15-17,23H,6-13H2. The number of amides is 1. The third-order valence-corrected chi connectivity index (χ3v) is 5.51. The molecule has 1 saturated carbocycles. The predicted molar refractivity (Wildman–Crippen MR) is 87.6 cm³/mol. The highest BCUT2D eigenvalue weighted by Gasteiger charge is 2.39. The number of nitrogens with zero attached hydrogens (tertiary/aromatic N) is 1. The lowest BCUT2D eigenvalue weighted by Crippen LogP contribution is -2.44. The average Bonchev–Trinajstić information content (AvgIpc) is 2.61. The van der Waals surface area contributed by atoms with Crippen molar-refractivity contribution in [1.82, 2.24) is 4.90 Å². The molecule has 0 radical (unpaired) electrons. The van der Waals surface area contributed by atoms with Crippen molar-refractivity contribution in [2.45, 2.75) is 50.6 Å². The number of halogens is 2. The van der Waals surface area contributed by atoms with Gasteiger partial charge in [-0.05, 0) is 37.2 Å². The summed E-state index contributed by atoms with van der Waals surface area (Å²) in [6, 6.07) is 9.59. The van der Waals surface area contributed by atoms with E-state index in [1.54, 1.807) is 0 Å². The first-order valence-corrected chi connectivity index (χ1v) is 8.86. The van der Waals surface area contributed by atoms with Gasteiger partial charge in [0.1, 0.15) is 0 Å². The van der Waals surface area contributed by atoms with Crippen LogP contribution in [0.4, 0.5) is 8.78 Å². The number of piperidine rings is 1. The Bertz CT molecular complexity index is 546. The summed E-state index contributed by atoms with van der Waals surface area (Å²) in [5.74, 6) is -2.67. The van der Waals surface area contributed by atoms with Crippen molar-refractivity contribution in [2.75, 3.05) is 13.1 Å². The molecule has 24 heavy (non-hydrogen) atoms. The molecule has 0 spiro atoms. The van der Waals surface area contributed by atoms with Crippen molar-refractivity contribution in [2.24, 2.45) is 11.8 Å². The third-order valence-electron chi connectivity index (χ3n) is 5.51. The van der Waals surface area contributed by atoms with E-state index in [1.165, 1.54) is 0 Å². The summed E-state index contributed by atoms with van der Waals surface area (Å²) in [5, 5.41) is 10.5. The maximum absolute atomic E-state index is 13.2. The number of likely N-dealkylation sites (tertiary alicyclic amines) is 1. The summed E-state index contributed by atoms with van der Waals surface area (Å²) in [5.41, 5.74) is 0.914. The third kappa shape index (κ3) is 3.94. The summed E-state index contributed by atoms with van der Waals surface area (Å²) >= 11 is 0. The topological polar surface area (TPSA) is 40.5 Å². The molecule has 1 N–H and O–H groups in total. The SMILES string of the molecule is O=C(C1CCC(F)(F)CC1)N1CCC(C(O)c2ccccc2)CC1. The minimum absolute atomic E-state index is 0.0261. The quantitative estimate of drug-likeness (QED) is 0.912. The molecule has 3 rings (SSSR count). The second-order valence-corrected chi connectivity index (χ2v) is 7.15. The maximum atomic E-state index is 13.2. The fraction of sp³-hybridized carbons (Fsp3) is 0.632. The van der Waals surface area contributed by atoms with Crippen LogP contribution in [0.3, 0.4) is 0 Å². The Morgan fingerprint density at radius 1 is 1.08 bits per heavy atom. The molecule has 1 heterocycles. The van der Waals surface area contributed by atoms with Crippen LogP contribution in [-0.2, 0) is 4.79 Å². The second-order valence-electron chi connectivity index (χ2n) is 7.15. The summed E-state index contributed by atoms with van der Waals surface area (Å²) in [4.78, 5) is 14.3. The zero-order valence-corrected chi connectivity index (χ0v) is 13.8. The Hall–Kier alpha value is -1.49. The van der Waals surface area contributed by atoms with E-state index in [4.69, 9.17) is 0 Å². The van der Waals surface area contributed by atoms with Crippen LogP contribution >= 0.6 is 0 Å². The van der Waals surface area contributed by atoms with Crippen LogP contribution in [0.2, 0.25) is 0 Å². The van der Waals surface area contributed by atoms with E-state index in [1.807, 2.05) is 35.2 Å². The lowest BCUT2D eigenvalue weighted by Gasteiger charge is -2.37. The van der Waals surface area contributed by atoms with Gasteiger partial charge >= 0.3 is 0 Å². The lowest BCUT2D eigenvalue weighted by atomic mass is 9.84. The van der Waals surface area contributed by atoms with Crippen LogP contribution in [0.15, 0.2) is 30.3 Å². The first-order chi connectivity index (χ1) is 11.5. The fourth-order valence-electron chi connectivity index (χ4n) is 3.90. The zero-order valence-electron chi connectivity index (χ0n) is 13.8. The van der Waals surface area contributed by atoms with Crippen molar-refractivity contribution < 1.29 is 18.7 Å². The summed E-state index contributed by atoms with van der Waals surface area (Å²) in [6.07, 6.45) is 1.24. The highest BCUT2D eigenvalue weighted by molar-refractivity contribution is 5.79. The molecule has 3 nitrogen and oxygen atoms in total. The number of alkyl halides is 2. The minimum atomic E-state index is -2.59. The predicted octanol–water partition coefficient (Wildman–Crippen LogP) is 3.78. The van der Waals surface area contributed by atoms with E-state index in [2.05, 4.69) is 0 Å². The number of aliphatic hydroxyl groups is 1. The van der Waals surface area contributed by atoms with Crippen LogP contribution < -0.4 is 0 Å². The van der Waals surface area contributed by atoms with Crippen LogP contribution in [-0.4, -0.2) is 34.9 Å². The van der Waals surface area contributed by atoms with Gasteiger partial charge in [-0.1, -0.05) is 30.3 Å². The highest BCUT2D eigenvalue weighted by Crippen LogP contribution is 2.38. The summed E-state index contributed by atoms with van der Waals surface area (Å²) in [6.45, 7) is 1.22. The van der Waals surface area contributed by atoms with Gasteiger partial charge in [0.2, 0.25) is 11.8 Å². The van der Waals surface area contributed by atoms with Crippen molar-refractivity contribution in [3.8, 4) is 0 Å². The average molecular weight is 337 g/mol. The lowest BCUT2D eigenvalue weighted by molar-refractivity contribution is -0.141. The molecule has 1 aliphatic heterocycles. The molecule has 2 aliphatic rings. The van der Waals surface area contributed by atoms with Crippen LogP contribution in [0.5, 0.6) is 0 Å². The van der Waals surface area contributed by atoms with Crippen molar-refractivity contribution in [1.29, 1.82) is 0 Å². The molecule has 1 aromatic carbocycles. The van der Waals surface area contributed by atoms with E-state index < -0.39 is 12.0 Å². The Morgan fingerprint density at radius 2 is 1.67 bits per heavy atom.